The van der Waals surface area contributed by atoms with Crippen LogP contribution in [0.3, 0.4) is 0 Å². The lowest BCUT2D eigenvalue weighted by Gasteiger charge is -2.20. The van der Waals surface area contributed by atoms with Crippen LogP contribution >= 0.6 is 27.7 Å². The van der Waals surface area contributed by atoms with E-state index in [0.29, 0.717) is 0 Å². The van der Waals surface area contributed by atoms with E-state index in [-0.39, 0.29) is 5.54 Å². The van der Waals surface area contributed by atoms with Crippen LogP contribution in [0.5, 0.6) is 0 Å². The summed E-state index contributed by atoms with van der Waals surface area (Å²) in [4.78, 5) is 1.34. The average Bonchev–Trinajstić information content (AvgIpc) is 2.24. The van der Waals surface area contributed by atoms with Crippen LogP contribution in [0.1, 0.15) is 33.6 Å². The van der Waals surface area contributed by atoms with E-state index in [1.807, 2.05) is 11.8 Å². The normalized spacial score (nSPS) is 11.8. The fourth-order valence-corrected chi connectivity index (χ4v) is 3.01. The van der Waals surface area contributed by atoms with E-state index in [0.717, 1.165) is 6.54 Å². The van der Waals surface area contributed by atoms with Gasteiger partial charge in [-0.2, -0.15) is 0 Å². The summed E-state index contributed by atoms with van der Waals surface area (Å²) in [7, 11) is 0. The molecular weight excluding hydrogens is 294 g/mol. The van der Waals surface area contributed by atoms with Crippen LogP contribution in [0, 0.1) is 0 Å². The van der Waals surface area contributed by atoms with Gasteiger partial charge < -0.3 is 5.32 Å². The molecule has 1 aromatic carbocycles. The van der Waals surface area contributed by atoms with Crippen LogP contribution in [0.2, 0.25) is 0 Å². The molecule has 1 N–H and O–H groups in total. The van der Waals surface area contributed by atoms with E-state index in [2.05, 4.69) is 66.3 Å². The van der Waals surface area contributed by atoms with Gasteiger partial charge in [0.05, 0.1) is 0 Å². The van der Waals surface area contributed by atoms with Crippen LogP contribution in [0.25, 0.3) is 0 Å². The summed E-state index contributed by atoms with van der Waals surface area (Å²) in [6.07, 6.45) is 2.50. The zero-order chi connectivity index (χ0) is 12.7. The van der Waals surface area contributed by atoms with Gasteiger partial charge in [-0.25, -0.2) is 0 Å². The van der Waals surface area contributed by atoms with Crippen LogP contribution < -0.4 is 5.32 Å². The molecule has 96 valence electrons. The van der Waals surface area contributed by atoms with E-state index in [1.165, 1.54) is 28.0 Å². The molecule has 0 aliphatic heterocycles. The highest BCUT2D eigenvalue weighted by atomic mass is 79.9. The number of hydrogen-bond acceptors (Lipinski definition) is 2. The molecule has 0 radical (unpaired) electrons. The molecule has 17 heavy (non-hydrogen) atoms. The molecule has 0 heterocycles. The van der Waals surface area contributed by atoms with Crippen LogP contribution in [0.15, 0.2) is 33.6 Å². The van der Waals surface area contributed by atoms with Crippen molar-refractivity contribution in [1.29, 1.82) is 0 Å². The summed E-state index contributed by atoms with van der Waals surface area (Å²) >= 11 is 5.50. The van der Waals surface area contributed by atoms with Crippen LogP contribution in [-0.2, 0) is 0 Å². The van der Waals surface area contributed by atoms with Gasteiger partial charge in [0.25, 0.3) is 0 Å². The van der Waals surface area contributed by atoms with Gasteiger partial charge in [-0.05, 0) is 74.0 Å². The fourth-order valence-electron chi connectivity index (χ4n) is 1.43. The Morgan fingerprint density at radius 3 is 2.53 bits per heavy atom. The Balaban J connectivity index is 2.11. The van der Waals surface area contributed by atoms with Gasteiger partial charge in [0, 0.05) is 14.9 Å². The van der Waals surface area contributed by atoms with E-state index in [1.54, 1.807) is 0 Å². The second-order valence-electron chi connectivity index (χ2n) is 5.16. The highest BCUT2D eigenvalue weighted by Gasteiger charge is 2.07. The van der Waals surface area contributed by atoms with Crippen molar-refractivity contribution in [3.8, 4) is 0 Å². The maximum absolute atomic E-state index is 3.57. The molecule has 0 amide bonds. The van der Waals surface area contributed by atoms with Crippen molar-refractivity contribution < 1.29 is 0 Å². The molecule has 3 heteroatoms. The summed E-state index contributed by atoms with van der Waals surface area (Å²) in [5, 5.41) is 3.51. The largest absolute Gasteiger partial charge is 0.312 e. The third-order valence-corrected chi connectivity index (χ3v) is 4.43. The molecule has 0 saturated heterocycles. The number of hydrogen-bond donors (Lipinski definition) is 1. The molecule has 0 aliphatic rings. The number of rotatable bonds is 6. The van der Waals surface area contributed by atoms with Gasteiger partial charge in [-0.1, -0.05) is 12.1 Å². The van der Waals surface area contributed by atoms with Crippen molar-refractivity contribution >= 4 is 27.7 Å². The molecule has 1 nitrogen and oxygen atoms in total. The Kier molecular flexibility index (Phi) is 6.60. The Hall–Kier alpha value is 0.01000. The maximum Gasteiger partial charge on any atom is 0.0311 e. The van der Waals surface area contributed by atoms with E-state index in [9.17, 15) is 0 Å². The van der Waals surface area contributed by atoms with Crippen LogP contribution in [0.4, 0.5) is 0 Å². The Morgan fingerprint density at radius 1 is 1.18 bits per heavy atom. The first-order valence-electron chi connectivity index (χ1n) is 6.11. The van der Waals surface area contributed by atoms with Crippen molar-refractivity contribution in [2.24, 2.45) is 0 Å². The SMILES string of the molecule is CC(C)(C)NCCCCSc1ccccc1Br. The van der Waals surface area contributed by atoms with E-state index < -0.39 is 0 Å². The molecule has 0 bridgehead atoms. The van der Waals surface area contributed by atoms with Gasteiger partial charge in [0.2, 0.25) is 0 Å². The van der Waals surface area contributed by atoms with Crippen LogP contribution in [-0.4, -0.2) is 17.8 Å². The molecular formula is C14H22BrNS. The number of halogens is 1. The van der Waals surface area contributed by atoms with Gasteiger partial charge in [0.15, 0.2) is 0 Å². The molecule has 0 spiro atoms. The fraction of sp³-hybridized carbons (Fsp3) is 0.571. The molecule has 0 fully saturated rings. The first kappa shape index (κ1) is 15.1. The van der Waals surface area contributed by atoms with Crippen molar-refractivity contribution in [2.75, 3.05) is 12.3 Å². The predicted octanol–water partition coefficient (Wildman–Crippen LogP) is 4.71. The highest BCUT2D eigenvalue weighted by Crippen LogP contribution is 2.27. The topological polar surface area (TPSA) is 12.0 Å². The summed E-state index contributed by atoms with van der Waals surface area (Å²) in [5.41, 5.74) is 0.246. The molecule has 1 aromatic rings. The minimum absolute atomic E-state index is 0.246. The van der Waals surface area contributed by atoms with Gasteiger partial charge in [-0.3, -0.25) is 0 Å². The minimum Gasteiger partial charge on any atom is -0.312 e. The van der Waals surface area contributed by atoms with Crippen molar-refractivity contribution in [2.45, 2.75) is 44.0 Å². The number of unbranched alkanes of at least 4 members (excludes halogenated alkanes) is 1. The minimum atomic E-state index is 0.246. The summed E-state index contributed by atoms with van der Waals surface area (Å²) in [6.45, 7) is 7.74. The molecule has 0 aromatic heterocycles. The standard InChI is InChI=1S/C14H22BrNS/c1-14(2,3)16-10-6-7-11-17-13-9-5-4-8-12(13)15/h4-5,8-9,16H,6-7,10-11H2,1-3H3. The molecule has 0 saturated carbocycles. The first-order chi connectivity index (χ1) is 7.99. The van der Waals surface area contributed by atoms with Crippen molar-refractivity contribution in [1.82, 2.24) is 5.32 Å². The maximum atomic E-state index is 3.57. The lowest BCUT2D eigenvalue weighted by atomic mass is 10.1. The highest BCUT2D eigenvalue weighted by molar-refractivity contribution is 9.10. The smallest absolute Gasteiger partial charge is 0.0311 e. The predicted molar refractivity (Wildman–Crippen MR) is 81.9 cm³/mol. The molecule has 0 unspecified atom stereocenters. The third-order valence-electron chi connectivity index (χ3n) is 2.32. The monoisotopic (exact) mass is 315 g/mol. The first-order valence-corrected chi connectivity index (χ1v) is 7.89. The Morgan fingerprint density at radius 2 is 1.88 bits per heavy atom. The van der Waals surface area contributed by atoms with Gasteiger partial charge >= 0.3 is 0 Å². The summed E-state index contributed by atoms with van der Waals surface area (Å²) in [5.74, 6) is 1.19. The lowest BCUT2D eigenvalue weighted by Crippen LogP contribution is -2.36. The number of benzene rings is 1. The summed E-state index contributed by atoms with van der Waals surface area (Å²) < 4.78 is 1.21. The Bertz CT molecular complexity index is 333. The van der Waals surface area contributed by atoms with E-state index in [4.69, 9.17) is 0 Å². The zero-order valence-electron chi connectivity index (χ0n) is 10.9. The second kappa shape index (κ2) is 7.45. The Labute approximate surface area is 118 Å². The van der Waals surface area contributed by atoms with Gasteiger partial charge in [-0.15, -0.1) is 11.8 Å². The van der Waals surface area contributed by atoms with E-state index >= 15 is 0 Å². The van der Waals surface area contributed by atoms with Gasteiger partial charge in [0.1, 0.15) is 0 Å². The number of thioether (sulfide) groups is 1. The van der Waals surface area contributed by atoms with Crippen molar-refractivity contribution in [3.05, 3.63) is 28.7 Å². The third kappa shape index (κ3) is 7.12. The second-order valence-corrected chi connectivity index (χ2v) is 7.15. The summed E-state index contributed by atoms with van der Waals surface area (Å²) in [6, 6.07) is 8.42. The molecule has 1 rings (SSSR count). The van der Waals surface area contributed by atoms with Crippen molar-refractivity contribution in [3.63, 3.8) is 0 Å². The quantitative estimate of drug-likeness (QED) is 0.602. The lowest BCUT2D eigenvalue weighted by molar-refractivity contribution is 0.421. The zero-order valence-corrected chi connectivity index (χ0v) is 13.3. The molecule has 0 aliphatic carbocycles. The average molecular weight is 316 g/mol. The number of nitrogens with one attached hydrogen (secondary N) is 1. The molecule has 0 atom stereocenters.